The second-order valence-corrected chi connectivity index (χ2v) is 2.75. The van der Waals surface area contributed by atoms with E-state index in [0.717, 1.165) is 16.4 Å². The highest BCUT2D eigenvalue weighted by Crippen LogP contribution is 1.97. The smallest absolute Gasteiger partial charge is 0.0778 e. The minimum atomic E-state index is 0.977. The molecule has 0 rings (SSSR count). The number of aliphatic imine (C=N–C) groups is 1. The highest BCUT2D eigenvalue weighted by atomic mass is 79.9. The molecule has 0 heterocycles. The van der Waals surface area contributed by atoms with Crippen molar-refractivity contribution in [2.24, 2.45) is 4.99 Å². The Morgan fingerprint density at radius 1 is 1.71 bits per heavy atom. The van der Waals surface area contributed by atoms with Crippen LogP contribution in [0.1, 0.15) is 6.42 Å². The fourth-order valence-electron chi connectivity index (χ4n) is 0.190. The maximum Gasteiger partial charge on any atom is 0.0778 e. The molecule has 0 saturated carbocycles. The third-order valence-electron chi connectivity index (χ3n) is 0.543. The predicted octanol–water partition coefficient (Wildman–Crippen LogP) is 2.19. The Labute approximate surface area is 60.5 Å². The van der Waals surface area contributed by atoms with Gasteiger partial charge in [0, 0.05) is 18.8 Å². The zero-order valence-electron chi connectivity index (χ0n) is 4.12. The Hall–Kier alpha value is 0.630. The Balaban J connectivity index is 3.17. The van der Waals surface area contributed by atoms with Gasteiger partial charge in [-0.15, -0.1) is 0 Å². The lowest BCUT2D eigenvalue weighted by Crippen LogP contribution is -1.84. The number of hydrogen-bond donors (Lipinski definition) is 0. The molecule has 0 saturated heterocycles. The molecule has 0 radical (unpaired) electrons. The molecular formula is C4H7Br2N. The molecule has 0 N–H and O–H groups in total. The summed E-state index contributed by atoms with van der Waals surface area (Å²) >= 11 is 6.54. The van der Waals surface area contributed by atoms with Crippen LogP contribution in [0.2, 0.25) is 0 Å². The van der Waals surface area contributed by atoms with Crippen LogP contribution in [0.3, 0.4) is 0 Å². The van der Waals surface area contributed by atoms with Crippen LogP contribution in [0.5, 0.6) is 0 Å². The SMILES string of the molecule is C/N=C(/Br)CCBr. The number of hydrogen-bond acceptors (Lipinski definition) is 1. The lowest BCUT2D eigenvalue weighted by molar-refractivity contribution is 1.32. The van der Waals surface area contributed by atoms with Gasteiger partial charge >= 0.3 is 0 Å². The molecule has 0 aromatic carbocycles. The molecule has 0 unspecified atom stereocenters. The third kappa shape index (κ3) is 4.48. The van der Waals surface area contributed by atoms with Crippen molar-refractivity contribution < 1.29 is 0 Å². The largest absolute Gasteiger partial charge is 0.286 e. The van der Waals surface area contributed by atoms with Crippen molar-refractivity contribution in [1.29, 1.82) is 0 Å². The maximum atomic E-state index is 3.88. The molecule has 0 aliphatic heterocycles. The van der Waals surface area contributed by atoms with E-state index in [1.54, 1.807) is 7.05 Å². The summed E-state index contributed by atoms with van der Waals surface area (Å²) in [5, 5.41) is 0.977. The molecule has 0 amide bonds. The lowest BCUT2D eigenvalue weighted by Gasteiger charge is -1.86. The van der Waals surface area contributed by atoms with E-state index in [1.165, 1.54) is 0 Å². The summed E-state index contributed by atoms with van der Waals surface area (Å²) in [6, 6.07) is 0. The maximum absolute atomic E-state index is 3.88. The molecule has 42 valence electrons. The molecule has 1 nitrogen and oxygen atoms in total. The van der Waals surface area contributed by atoms with E-state index in [9.17, 15) is 0 Å². The van der Waals surface area contributed by atoms with Gasteiger partial charge in [0.2, 0.25) is 0 Å². The van der Waals surface area contributed by atoms with Gasteiger partial charge in [0.05, 0.1) is 4.62 Å². The molecule has 0 aliphatic rings. The van der Waals surface area contributed by atoms with Crippen LogP contribution in [0.25, 0.3) is 0 Å². The van der Waals surface area contributed by atoms with E-state index in [0.29, 0.717) is 0 Å². The summed E-state index contributed by atoms with van der Waals surface area (Å²) < 4.78 is 1.02. The van der Waals surface area contributed by atoms with E-state index < -0.39 is 0 Å². The van der Waals surface area contributed by atoms with E-state index in [-0.39, 0.29) is 0 Å². The van der Waals surface area contributed by atoms with Crippen LogP contribution < -0.4 is 0 Å². The molecule has 0 fully saturated rings. The average Bonchev–Trinajstić information content (AvgIpc) is 1.68. The van der Waals surface area contributed by atoms with Gasteiger partial charge in [-0.3, -0.25) is 4.99 Å². The van der Waals surface area contributed by atoms with Gasteiger partial charge in [-0.2, -0.15) is 0 Å². The quantitative estimate of drug-likeness (QED) is 0.508. The second-order valence-electron chi connectivity index (χ2n) is 1.04. The Morgan fingerprint density at radius 3 is 2.43 bits per heavy atom. The van der Waals surface area contributed by atoms with E-state index in [4.69, 9.17) is 0 Å². The summed E-state index contributed by atoms with van der Waals surface area (Å²) in [5.41, 5.74) is 0. The Kier molecular flexibility index (Phi) is 5.21. The molecule has 0 bridgehead atoms. The van der Waals surface area contributed by atoms with Crippen LogP contribution in [0.4, 0.5) is 0 Å². The fraction of sp³-hybridized carbons (Fsp3) is 0.750. The van der Waals surface area contributed by atoms with Gasteiger partial charge in [-0.25, -0.2) is 0 Å². The third-order valence-corrected chi connectivity index (χ3v) is 1.69. The average molecular weight is 229 g/mol. The van der Waals surface area contributed by atoms with Gasteiger partial charge in [0.25, 0.3) is 0 Å². The van der Waals surface area contributed by atoms with E-state index in [2.05, 4.69) is 36.9 Å². The summed E-state index contributed by atoms with van der Waals surface area (Å²) in [7, 11) is 1.77. The molecular weight excluding hydrogens is 222 g/mol. The molecule has 0 aromatic rings. The van der Waals surface area contributed by atoms with Gasteiger partial charge < -0.3 is 0 Å². The second kappa shape index (κ2) is 4.78. The summed E-state index contributed by atoms with van der Waals surface area (Å²) in [6.45, 7) is 0. The van der Waals surface area contributed by atoms with Gasteiger partial charge in [-0.1, -0.05) is 15.9 Å². The first-order valence-electron chi connectivity index (χ1n) is 1.98. The van der Waals surface area contributed by atoms with Crippen molar-refractivity contribution in [3.8, 4) is 0 Å². The summed E-state index contributed by atoms with van der Waals surface area (Å²) in [4.78, 5) is 3.88. The minimum absolute atomic E-state index is 0.977. The van der Waals surface area contributed by atoms with Crippen molar-refractivity contribution in [3.05, 3.63) is 0 Å². The first kappa shape index (κ1) is 7.63. The monoisotopic (exact) mass is 227 g/mol. The lowest BCUT2D eigenvalue weighted by atomic mass is 10.5. The molecule has 0 atom stereocenters. The highest BCUT2D eigenvalue weighted by molar-refractivity contribution is 9.18. The zero-order valence-corrected chi connectivity index (χ0v) is 7.29. The summed E-state index contributed by atoms with van der Waals surface area (Å²) in [6.07, 6.45) is 0.983. The van der Waals surface area contributed by atoms with Crippen LogP contribution in [0, 0.1) is 0 Å². The fourth-order valence-corrected chi connectivity index (χ4v) is 1.30. The van der Waals surface area contributed by atoms with E-state index >= 15 is 0 Å². The molecule has 0 aromatic heterocycles. The van der Waals surface area contributed by atoms with Crippen molar-refractivity contribution in [2.45, 2.75) is 6.42 Å². The van der Waals surface area contributed by atoms with E-state index in [1.807, 2.05) is 0 Å². The first-order valence-corrected chi connectivity index (χ1v) is 3.90. The van der Waals surface area contributed by atoms with Gasteiger partial charge in [0.1, 0.15) is 0 Å². The zero-order chi connectivity index (χ0) is 5.70. The number of halogens is 2. The number of rotatable bonds is 2. The Morgan fingerprint density at radius 2 is 2.29 bits per heavy atom. The minimum Gasteiger partial charge on any atom is -0.286 e. The first-order chi connectivity index (χ1) is 3.31. The van der Waals surface area contributed by atoms with Gasteiger partial charge in [0.15, 0.2) is 0 Å². The van der Waals surface area contributed by atoms with Crippen molar-refractivity contribution in [1.82, 2.24) is 0 Å². The topological polar surface area (TPSA) is 12.4 Å². The molecule has 0 aliphatic carbocycles. The Bertz CT molecular complexity index is 70.1. The summed E-state index contributed by atoms with van der Waals surface area (Å²) in [5.74, 6) is 0. The van der Waals surface area contributed by atoms with Crippen molar-refractivity contribution >= 4 is 36.5 Å². The van der Waals surface area contributed by atoms with Crippen molar-refractivity contribution in [2.75, 3.05) is 12.4 Å². The van der Waals surface area contributed by atoms with Crippen molar-refractivity contribution in [3.63, 3.8) is 0 Å². The number of nitrogens with zero attached hydrogens (tertiary/aromatic N) is 1. The van der Waals surface area contributed by atoms with Gasteiger partial charge in [-0.05, 0) is 15.9 Å². The molecule has 7 heavy (non-hydrogen) atoms. The standard InChI is InChI=1S/C4H7Br2N/c1-7-4(6)2-3-5/h2-3H2,1H3/b7-4+. The number of alkyl halides is 1. The predicted molar refractivity (Wildman–Crippen MR) is 40.7 cm³/mol. The van der Waals surface area contributed by atoms with Crippen LogP contribution >= 0.6 is 31.9 Å². The normalized spacial score (nSPS) is 12.1. The van der Waals surface area contributed by atoms with Crippen LogP contribution in [0.15, 0.2) is 4.99 Å². The molecule has 0 spiro atoms. The van der Waals surface area contributed by atoms with Crippen LogP contribution in [-0.2, 0) is 0 Å². The van der Waals surface area contributed by atoms with Crippen LogP contribution in [-0.4, -0.2) is 17.0 Å². The highest BCUT2D eigenvalue weighted by Gasteiger charge is 1.85. The molecule has 3 heteroatoms.